The Bertz CT molecular complexity index is 471. The summed E-state index contributed by atoms with van der Waals surface area (Å²) in [5.41, 5.74) is 6.37. The standard InChI is InChI=1S/C15H25N5/c1-11-10-12(2)17-14(16-11)19-18-13-6-8-20(9-7-13)15(3,4)5/h10H,6-9H2,1-5H3,(H,16,17,19). The maximum atomic E-state index is 4.47. The van der Waals surface area contributed by atoms with Gasteiger partial charge in [0.05, 0.1) is 0 Å². The fourth-order valence-corrected chi connectivity index (χ4v) is 2.45. The summed E-state index contributed by atoms with van der Waals surface area (Å²) in [5.74, 6) is 0.591. The molecule has 1 aromatic rings. The number of anilines is 1. The number of piperidine rings is 1. The quantitative estimate of drug-likeness (QED) is 0.843. The van der Waals surface area contributed by atoms with E-state index in [1.54, 1.807) is 0 Å². The molecule has 1 fully saturated rings. The van der Waals surface area contributed by atoms with Crippen LogP contribution in [0.3, 0.4) is 0 Å². The smallest absolute Gasteiger partial charge is 0.243 e. The molecule has 5 nitrogen and oxygen atoms in total. The molecule has 1 N–H and O–H groups in total. The van der Waals surface area contributed by atoms with Gasteiger partial charge in [-0.2, -0.15) is 5.10 Å². The van der Waals surface area contributed by atoms with Gasteiger partial charge in [0.25, 0.3) is 0 Å². The Hall–Kier alpha value is -1.49. The molecule has 0 aromatic carbocycles. The number of hydrazone groups is 1. The van der Waals surface area contributed by atoms with E-state index in [1.165, 1.54) is 5.71 Å². The van der Waals surface area contributed by atoms with Gasteiger partial charge in [0.15, 0.2) is 0 Å². The van der Waals surface area contributed by atoms with Gasteiger partial charge in [-0.25, -0.2) is 15.4 Å². The summed E-state index contributed by atoms with van der Waals surface area (Å²) in [6.45, 7) is 12.9. The number of likely N-dealkylation sites (tertiary alicyclic amines) is 1. The first-order valence-corrected chi connectivity index (χ1v) is 7.23. The SMILES string of the molecule is Cc1cc(C)nc(NN=C2CCN(C(C)(C)C)CC2)n1. The highest BCUT2D eigenvalue weighted by Crippen LogP contribution is 2.18. The lowest BCUT2D eigenvalue weighted by Crippen LogP contribution is -2.46. The highest BCUT2D eigenvalue weighted by Gasteiger charge is 2.24. The summed E-state index contributed by atoms with van der Waals surface area (Å²) >= 11 is 0. The van der Waals surface area contributed by atoms with E-state index in [2.05, 4.69) is 46.2 Å². The molecule has 0 atom stereocenters. The van der Waals surface area contributed by atoms with Crippen LogP contribution in [0.1, 0.15) is 45.0 Å². The van der Waals surface area contributed by atoms with Crippen LogP contribution in [0.2, 0.25) is 0 Å². The van der Waals surface area contributed by atoms with E-state index in [4.69, 9.17) is 0 Å². The highest BCUT2D eigenvalue weighted by atomic mass is 15.4. The van der Waals surface area contributed by atoms with Crippen LogP contribution >= 0.6 is 0 Å². The van der Waals surface area contributed by atoms with Crippen LogP contribution in [0.4, 0.5) is 5.95 Å². The summed E-state index contributed by atoms with van der Waals surface area (Å²) in [4.78, 5) is 11.2. The van der Waals surface area contributed by atoms with E-state index in [9.17, 15) is 0 Å². The van der Waals surface area contributed by atoms with Gasteiger partial charge in [-0.05, 0) is 40.7 Å². The fourth-order valence-electron chi connectivity index (χ4n) is 2.45. The molecule has 1 aromatic heterocycles. The first kappa shape index (κ1) is 14.9. The molecule has 0 saturated carbocycles. The highest BCUT2D eigenvalue weighted by molar-refractivity contribution is 5.86. The zero-order valence-electron chi connectivity index (χ0n) is 13.2. The third-order valence-corrected chi connectivity index (χ3v) is 3.59. The molecule has 2 heterocycles. The Balaban J connectivity index is 1.94. The van der Waals surface area contributed by atoms with E-state index in [0.717, 1.165) is 37.3 Å². The van der Waals surface area contributed by atoms with Crippen molar-refractivity contribution in [3.05, 3.63) is 17.5 Å². The number of rotatable bonds is 2. The number of nitrogens with one attached hydrogen (secondary N) is 1. The topological polar surface area (TPSA) is 53.4 Å². The molecule has 1 saturated heterocycles. The molecule has 0 unspecified atom stereocenters. The molecule has 0 aliphatic carbocycles. The number of hydrogen-bond donors (Lipinski definition) is 1. The van der Waals surface area contributed by atoms with Crippen LogP contribution in [-0.2, 0) is 0 Å². The minimum Gasteiger partial charge on any atom is -0.298 e. The summed E-state index contributed by atoms with van der Waals surface area (Å²) in [6, 6.07) is 1.96. The minimum absolute atomic E-state index is 0.246. The summed E-state index contributed by atoms with van der Waals surface area (Å²) in [5, 5.41) is 4.47. The van der Waals surface area contributed by atoms with Gasteiger partial charge < -0.3 is 0 Å². The molecule has 1 aliphatic rings. The van der Waals surface area contributed by atoms with Crippen LogP contribution in [0.5, 0.6) is 0 Å². The van der Waals surface area contributed by atoms with Gasteiger partial charge in [-0.1, -0.05) is 0 Å². The van der Waals surface area contributed by atoms with Crippen LogP contribution in [0.25, 0.3) is 0 Å². The van der Waals surface area contributed by atoms with Crippen molar-refractivity contribution in [1.29, 1.82) is 0 Å². The maximum Gasteiger partial charge on any atom is 0.243 e. The van der Waals surface area contributed by atoms with Gasteiger partial charge in [-0.15, -0.1) is 0 Å². The average molecular weight is 275 g/mol. The Labute approximate surface area is 121 Å². The third kappa shape index (κ3) is 4.00. The number of aromatic nitrogens is 2. The van der Waals surface area contributed by atoms with Crippen molar-refractivity contribution in [1.82, 2.24) is 14.9 Å². The van der Waals surface area contributed by atoms with Crippen LogP contribution in [0.15, 0.2) is 11.2 Å². The van der Waals surface area contributed by atoms with Crippen molar-refractivity contribution in [3.8, 4) is 0 Å². The van der Waals surface area contributed by atoms with Crippen molar-refractivity contribution in [2.24, 2.45) is 5.10 Å². The van der Waals surface area contributed by atoms with Gasteiger partial charge in [0.1, 0.15) is 0 Å². The number of hydrogen-bond acceptors (Lipinski definition) is 5. The second-order valence-corrected chi connectivity index (χ2v) is 6.42. The molecule has 5 heteroatoms. The van der Waals surface area contributed by atoms with Gasteiger partial charge in [0, 0.05) is 48.6 Å². The zero-order valence-corrected chi connectivity index (χ0v) is 13.2. The molecule has 0 amide bonds. The normalized spacial score (nSPS) is 17.1. The van der Waals surface area contributed by atoms with Crippen molar-refractivity contribution >= 4 is 11.7 Å². The van der Waals surface area contributed by atoms with Crippen LogP contribution in [-0.4, -0.2) is 39.2 Å². The van der Waals surface area contributed by atoms with Crippen molar-refractivity contribution in [2.45, 2.75) is 53.0 Å². The predicted octanol–water partition coefficient (Wildman–Crippen LogP) is 2.76. The van der Waals surface area contributed by atoms with Crippen molar-refractivity contribution in [3.63, 3.8) is 0 Å². The molecular formula is C15H25N5. The molecule has 20 heavy (non-hydrogen) atoms. The van der Waals surface area contributed by atoms with Crippen LogP contribution in [0, 0.1) is 13.8 Å². The molecule has 0 spiro atoms. The second kappa shape index (κ2) is 5.87. The molecular weight excluding hydrogens is 250 g/mol. The van der Waals surface area contributed by atoms with E-state index >= 15 is 0 Å². The first-order chi connectivity index (χ1) is 9.34. The molecule has 2 rings (SSSR count). The predicted molar refractivity (Wildman–Crippen MR) is 83.1 cm³/mol. The second-order valence-electron chi connectivity index (χ2n) is 6.42. The van der Waals surface area contributed by atoms with Crippen LogP contribution < -0.4 is 5.43 Å². The Morgan fingerprint density at radius 3 is 2.15 bits per heavy atom. The molecule has 0 bridgehead atoms. The maximum absolute atomic E-state index is 4.47. The van der Waals surface area contributed by atoms with Crippen molar-refractivity contribution < 1.29 is 0 Å². The fraction of sp³-hybridized carbons (Fsp3) is 0.667. The van der Waals surface area contributed by atoms with Gasteiger partial charge in [0.2, 0.25) is 5.95 Å². The van der Waals surface area contributed by atoms with E-state index in [0.29, 0.717) is 5.95 Å². The summed E-state index contributed by atoms with van der Waals surface area (Å²) in [6.07, 6.45) is 2.02. The lowest BCUT2D eigenvalue weighted by Gasteiger charge is -2.38. The summed E-state index contributed by atoms with van der Waals surface area (Å²) in [7, 11) is 0. The van der Waals surface area contributed by atoms with E-state index < -0.39 is 0 Å². The van der Waals surface area contributed by atoms with Gasteiger partial charge >= 0.3 is 0 Å². The number of nitrogens with zero attached hydrogens (tertiary/aromatic N) is 4. The molecule has 110 valence electrons. The van der Waals surface area contributed by atoms with E-state index in [-0.39, 0.29) is 5.54 Å². The Morgan fingerprint density at radius 1 is 1.10 bits per heavy atom. The Kier molecular flexibility index (Phi) is 4.38. The Morgan fingerprint density at radius 2 is 1.65 bits per heavy atom. The monoisotopic (exact) mass is 275 g/mol. The molecule has 1 aliphatic heterocycles. The third-order valence-electron chi connectivity index (χ3n) is 3.59. The average Bonchev–Trinajstić information content (AvgIpc) is 2.35. The largest absolute Gasteiger partial charge is 0.298 e. The first-order valence-electron chi connectivity index (χ1n) is 7.23. The van der Waals surface area contributed by atoms with Crippen molar-refractivity contribution in [2.75, 3.05) is 18.5 Å². The minimum atomic E-state index is 0.246. The van der Waals surface area contributed by atoms with Gasteiger partial charge in [-0.3, -0.25) is 4.90 Å². The zero-order chi connectivity index (χ0) is 14.8. The lowest BCUT2D eigenvalue weighted by molar-refractivity contribution is 0.136. The van der Waals surface area contributed by atoms with E-state index in [1.807, 2.05) is 19.9 Å². The summed E-state index contributed by atoms with van der Waals surface area (Å²) < 4.78 is 0. The lowest BCUT2D eigenvalue weighted by atomic mass is 10.00. The molecule has 0 radical (unpaired) electrons. The number of aryl methyl sites for hydroxylation is 2.